The summed E-state index contributed by atoms with van der Waals surface area (Å²) >= 11 is 0. The molecule has 1 aliphatic rings. The fourth-order valence-corrected chi connectivity index (χ4v) is 2.71. The number of methoxy groups -OCH3 is 1. The zero-order valence-corrected chi connectivity index (χ0v) is 13.0. The fraction of sp³-hybridized carbons (Fsp3) is 0.562. The second-order valence-electron chi connectivity index (χ2n) is 5.62. The Kier molecular flexibility index (Phi) is 5.20. The third-order valence-electron chi connectivity index (χ3n) is 4.01. The van der Waals surface area contributed by atoms with Crippen LogP contribution in [0, 0.1) is 13.8 Å². The Labute approximate surface area is 126 Å². The molecule has 1 fully saturated rings. The zero-order valence-electron chi connectivity index (χ0n) is 13.0. The molecule has 0 aromatic heterocycles. The van der Waals surface area contributed by atoms with Gasteiger partial charge in [0.1, 0.15) is 12.4 Å². The van der Waals surface area contributed by atoms with E-state index in [1.807, 2.05) is 30.9 Å². The minimum Gasteiger partial charge on any atom is -0.492 e. The molecule has 0 aliphatic carbocycles. The standard InChI is InChI=1S/C16H24N2O3/c1-11-4-5-12(2)15(8-11)21-7-6-18-10-13(20-3)9-14(18)16(17)19/h4-5,8,13-14H,6-7,9-10H2,1-3H3,(H2,17,19)/t13-,14-/m0/s1. The van der Waals surface area contributed by atoms with E-state index in [4.69, 9.17) is 15.2 Å². The van der Waals surface area contributed by atoms with Crippen molar-refractivity contribution >= 4 is 5.91 Å². The van der Waals surface area contributed by atoms with Gasteiger partial charge in [-0.25, -0.2) is 0 Å². The molecule has 2 rings (SSSR count). The maximum atomic E-state index is 11.5. The van der Waals surface area contributed by atoms with Gasteiger partial charge in [0.05, 0.1) is 12.1 Å². The van der Waals surface area contributed by atoms with Gasteiger partial charge in [0.15, 0.2) is 0 Å². The number of likely N-dealkylation sites (tertiary alicyclic amines) is 1. The number of carbonyl (C=O) groups is 1. The Hall–Kier alpha value is -1.59. The van der Waals surface area contributed by atoms with Crippen LogP contribution in [0.3, 0.4) is 0 Å². The fourth-order valence-electron chi connectivity index (χ4n) is 2.71. The molecule has 0 radical (unpaired) electrons. The topological polar surface area (TPSA) is 64.8 Å². The van der Waals surface area contributed by atoms with Crippen molar-refractivity contribution in [2.75, 3.05) is 26.8 Å². The smallest absolute Gasteiger partial charge is 0.234 e. The zero-order chi connectivity index (χ0) is 15.4. The van der Waals surface area contributed by atoms with Gasteiger partial charge in [-0.05, 0) is 37.5 Å². The van der Waals surface area contributed by atoms with Crippen LogP contribution in [0.1, 0.15) is 17.5 Å². The number of carbonyl (C=O) groups excluding carboxylic acids is 1. The third kappa shape index (κ3) is 3.95. The Bertz CT molecular complexity index is 504. The molecule has 5 heteroatoms. The summed E-state index contributed by atoms with van der Waals surface area (Å²) in [5.41, 5.74) is 7.74. The molecule has 2 N–H and O–H groups in total. The number of benzene rings is 1. The number of primary amides is 1. The quantitative estimate of drug-likeness (QED) is 0.857. The van der Waals surface area contributed by atoms with E-state index in [-0.39, 0.29) is 18.1 Å². The minimum absolute atomic E-state index is 0.0724. The molecule has 0 unspecified atom stereocenters. The summed E-state index contributed by atoms with van der Waals surface area (Å²) in [5.74, 6) is 0.606. The molecule has 1 aliphatic heterocycles. The summed E-state index contributed by atoms with van der Waals surface area (Å²) in [4.78, 5) is 13.5. The first-order valence-corrected chi connectivity index (χ1v) is 7.27. The molecule has 0 spiro atoms. The average Bonchev–Trinajstić information content (AvgIpc) is 2.86. The van der Waals surface area contributed by atoms with Crippen molar-refractivity contribution in [1.82, 2.24) is 4.90 Å². The Morgan fingerprint density at radius 2 is 2.19 bits per heavy atom. The molecule has 1 aromatic rings. The van der Waals surface area contributed by atoms with Crippen molar-refractivity contribution in [2.24, 2.45) is 5.73 Å². The first-order valence-electron chi connectivity index (χ1n) is 7.27. The molecule has 21 heavy (non-hydrogen) atoms. The van der Waals surface area contributed by atoms with E-state index in [2.05, 4.69) is 6.07 Å². The van der Waals surface area contributed by atoms with Crippen LogP contribution >= 0.6 is 0 Å². The minimum atomic E-state index is -0.290. The number of aryl methyl sites for hydroxylation is 2. The van der Waals surface area contributed by atoms with Crippen molar-refractivity contribution in [1.29, 1.82) is 0 Å². The summed E-state index contributed by atoms with van der Waals surface area (Å²) in [7, 11) is 1.67. The summed E-state index contributed by atoms with van der Waals surface area (Å²) in [5, 5.41) is 0. The summed E-state index contributed by atoms with van der Waals surface area (Å²) in [6.45, 7) is 5.99. The molecule has 2 atom stereocenters. The summed E-state index contributed by atoms with van der Waals surface area (Å²) in [6.07, 6.45) is 0.734. The highest BCUT2D eigenvalue weighted by Crippen LogP contribution is 2.21. The van der Waals surface area contributed by atoms with Gasteiger partial charge in [-0.3, -0.25) is 9.69 Å². The highest BCUT2D eigenvalue weighted by molar-refractivity contribution is 5.80. The van der Waals surface area contributed by atoms with E-state index in [1.54, 1.807) is 7.11 Å². The highest BCUT2D eigenvalue weighted by atomic mass is 16.5. The van der Waals surface area contributed by atoms with Crippen molar-refractivity contribution in [3.63, 3.8) is 0 Å². The van der Waals surface area contributed by atoms with E-state index in [0.717, 1.165) is 17.9 Å². The molecule has 1 saturated heterocycles. The van der Waals surface area contributed by atoms with Crippen LogP contribution in [0.25, 0.3) is 0 Å². The number of rotatable bonds is 6. The van der Waals surface area contributed by atoms with Gasteiger partial charge in [-0.1, -0.05) is 12.1 Å². The lowest BCUT2D eigenvalue weighted by Crippen LogP contribution is -2.42. The first kappa shape index (κ1) is 15.8. The van der Waals surface area contributed by atoms with E-state index in [9.17, 15) is 4.79 Å². The molecule has 5 nitrogen and oxygen atoms in total. The van der Waals surface area contributed by atoms with E-state index in [0.29, 0.717) is 19.6 Å². The maximum absolute atomic E-state index is 11.5. The van der Waals surface area contributed by atoms with Gasteiger partial charge in [0, 0.05) is 20.2 Å². The predicted molar refractivity (Wildman–Crippen MR) is 81.4 cm³/mol. The first-order chi connectivity index (χ1) is 10.0. The van der Waals surface area contributed by atoms with Crippen molar-refractivity contribution in [3.05, 3.63) is 29.3 Å². The monoisotopic (exact) mass is 292 g/mol. The number of amides is 1. The van der Waals surface area contributed by atoms with Gasteiger partial charge in [0.25, 0.3) is 0 Å². The molecule has 1 aromatic carbocycles. The number of hydrogen-bond acceptors (Lipinski definition) is 4. The van der Waals surface area contributed by atoms with Gasteiger partial charge in [-0.2, -0.15) is 0 Å². The van der Waals surface area contributed by atoms with E-state index < -0.39 is 0 Å². The van der Waals surface area contributed by atoms with Crippen LogP contribution in [-0.4, -0.2) is 49.8 Å². The van der Waals surface area contributed by atoms with Gasteiger partial charge >= 0.3 is 0 Å². The molecule has 0 bridgehead atoms. The summed E-state index contributed by atoms with van der Waals surface area (Å²) < 4.78 is 11.2. The number of ether oxygens (including phenoxy) is 2. The van der Waals surface area contributed by atoms with Crippen LogP contribution in [0.15, 0.2) is 18.2 Å². The average molecular weight is 292 g/mol. The largest absolute Gasteiger partial charge is 0.492 e. The van der Waals surface area contributed by atoms with Crippen LogP contribution in [0.2, 0.25) is 0 Å². The van der Waals surface area contributed by atoms with Crippen molar-refractivity contribution < 1.29 is 14.3 Å². The van der Waals surface area contributed by atoms with E-state index in [1.165, 1.54) is 5.56 Å². The Balaban J connectivity index is 1.90. The normalized spacial score (nSPS) is 22.4. The number of nitrogens with two attached hydrogens (primary N) is 1. The Morgan fingerprint density at radius 1 is 1.43 bits per heavy atom. The number of nitrogens with zero attached hydrogens (tertiary/aromatic N) is 1. The van der Waals surface area contributed by atoms with Crippen LogP contribution in [-0.2, 0) is 9.53 Å². The van der Waals surface area contributed by atoms with Gasteiger partial charge in [0.2, 0.25) is 5.91 Å². The maximum Gasteiger partial charge on any atom is 0.234 e. The highest BCUT2D eigenvalue weighted by Gasteiger charge is 2.35. The lowest BCUT2D eigenvalue weighted by molar-refractivity contribution is -0.122. The Morgan fingerprint density at radius 3 is 2.86 bits per heavy atom. The van der Waals surface area contributed by atoms with Crippen molar-refractivity contribution in [2.45, 2.75) is 32.4 Å². The molecule has 116 valence electrons. The lowest BCUT2D eigenvalue weighted by atomic mass is 10.1. The van der Waals surface area contributed by atoms with Crippen LogP contribution < -0.4 is 10.5 Å². The molecular formula is C16H24N2O3. The van der Waals surface area contributed by atoms with Gasteiger partial charge < -0.3 is 15.2 Å². The van der Waals surface area contributed by atoms with Gasteiger partial charge in [-0.15, -0.1) is 0 Å². The molecule has 0 saturated carbocycles. The predicted octanol–water partition coefficient (Wildman–Crippen LogP) is 1.26. The molecule has 1 amide bonds. The van der Waals surface area contributed by atoms with E-state index >= 15 is 0 Å². The lowest BCUT2D eigenvalue weighted by Gasteiger charge is -2.21. The van der Waals surface area contributed by atoms with Crippen molar-refractivity contribution in [3.8, 4) is 5.75 Å². The second kappa shape index (κ2) is 6.91. The molecular weight excluding hydrogens is 268 g/mol. The molecule has 1 heterocycles. The summed E-state index contributed by atoms with van der Waals surface area (Å²) in [6, 6.07) is 5.89. The third-order valence-corrected chi connectivity index (χ3v) is 4.01. The van der Waals surface area contributed by atoms with Crippen LogP contribution in [0.4, 0.5) is 0 Å². The van der Waals surface area contributed by atoms with Crippen LogP contribution in [0.5, 0.6) is 5.75 Å². The number of hydrogen-bond donors (Lipinski definition) is 1. The SMILES string of the molecule is CO[C@H]1C[C@@H](C(N)=O)N(CCOc2cc(C)ccc2C)C1. The second-order valence-corrected chi connectivity index (χ2v) is 5.62.